The minimum Gasteiger partial charge on any atom is -0.354 e. The lowest BCUT2D eigenvalue weighted by atomic mass is 9.87. The molecule has 1 unspecified atom stereocenters. The quantitative estimate of drug-likeness (QED) is 0.448. The molecule has 0 N–H and O–H groups in total. The third-order valence-corrected chi connectivity index (χ3v) is 4.59. The number of alkyl halides is 1. The Hall–Kier alpha value is 0.170. The molecule has 1 fully saturated rings. The first-order valence-electron chi connectivity index (χ1n) is 5.43. The summed E-state index contributed by atoms with van der Waals surface area (Å²) in [4.78, 5) is 0. The van der Waals surface area contributed by atoms with Crippen molar-refractivity contribution in [2.24, 2.45) is 5.41 Å². The van der Waals surface area contributed by atoms with Gasteiger partial charge in [0, 0.05) is 0 Å². The van der Waals surface area contributed by atoms with Crippen LogP contribution >= 0.6 is 22.6 Å². The van der Waals surface area contributed by atoms with Crippen molar-refractivity contribution >= 4 is 22.6 Å². The fourth-order valence-corrected chi connectivity index (χ4v) is 2.49. The standard InChI is InChI=1S/C12H19IO3/c1-5-7-14-10(13)12(6-2)8-15-11(3,4)16-9-12/h1,10H,6-9H2,2-4H3. The molecule has 1 aliphatic rings. The van der Waals surface area contributed by atoms with Crippen LogP contribution in [-0.4, -0.2) is 29.7 Å². The molecule has 4 heteroatoms. The van der Waals surface area contributed by atoms with Crippen LogP contribution in [0.25, 0.3) is 0 Å². The molecule has 3 nitrogen and oxygen atoms in total. The zero-order chi connectivity index (χ0) is 12.2. The minimum atomic E-state index is -0.485. The number of rotatable bonds is 4. The maximum atomic E-state index is 5.71. The second-order valence-electron chi connectivity index (χ2n) is 4.52. The van der Waals surface area contributed by atoms with Crippen molar-refractivity contribution in [2.45, 2.75) is 37.1 Å². The van der Waals surface area contributed by atoms with Crippen molar-refractivity contribution in [1.82, 2.24) is 0 Å². The Bertz CT molecular complexity index is 260. The average molecular weight is 338 g/mol. The van der Waals surface area contributed by atoms with Gasteiger partial charge in [0.1, 0.15) is 10.7 Å². The Morgan fingerprint density at radius 2 is 2.00 bits per heavy atom. The smallest absolute Gasteiger partial charge is 0.162 e. The van der Waals surface area contributed by atoms with E-state index in [1.54, 1.807) is 0 Å². The van der Waals surface area contributed by atoms with Gasteiger partial charge in [-0.15, -0.1) is 6.42 Å². The van der Waals surface area contributed by atoms with Gasteiger partial charge in [-0.05, 0) is 20.3 Å². The highest BCUT2D eigenvalue weighted by Crippen LogP contribution is 2.39. The van der Waals surface area contributed by atoms with E-state index >= 15 is 0 Å². The van der Waals surface area contributed by atoms with E-state index in [-0.39, 0.29) is 9.53 Å². The lowest BCUT2D eigenvalue weighted by Gasteiger charge is -2.45. The van der Waals surface area contributed by atoms with Crippen molar-refractivity contribution in [2.75, 3.05) is 19.8 Å². The second kappa shape index (κ2) is 5.67. The summed E-state index contributed by atoms with van der Waals surface area (Å²) in [5, 5.41) is 0. The fourth-order valence-electron chi connectivity index (χ4n) is 1.51. The third-order valence-electron chi connectivity index (χ3n) is 2.91. The van der Waals surface area contributed by atoms with E-state index < -0.39 is 5.79 Å². The van der Waals surface area contributed by atoms with Gasteiger partial charge < -0.3 is 14.2 Å². The molecular formula is C12H19IO3. The summed E-state index contributed by atoms with van der Waals surface area (Å²) in [5.41, 5.74) is -0.0903. The Balaban J connectivity index is 2.62. The molecule has 1 aliphatic heterocycles. The average Bonchev–Trinajstić information content (AvgIpc) is 2.27. The largest absolute Gasteiger partial charge is 0.354 e. The number of hydrogen-bond donors (Lipinski definition) is 0. The van der Waals surface area contributed by atoms with Crippen LogP contribution in [-0.2, 0) is 14.2 Å². The molecule has 0 radical (unpaired) electrons. The Labute approximate surface area is 111 Å². The third kappa shape index (κ3) is 3.33. The molecule has 1 rings (SSSR count). The number of hydrogen-bond acceptors (Lipinski definition) is 3. The van der Waals surface area contributed by atoms with Crippen LogP contribution in [0.4, 0.5) is 0 Å². The molecule has 0 saturated carbocycles. The Kier molecular flexibility index (Phi) is 5.05. The van der Waals surface area contributed by atoms with Crippen LogP contribution in [0.1, 0.15) is 27.2 Å². The molecule has 92 valence electrons. The van der Waals surface area contributed by atoms with Crippen molar-refractivity contribution in [1.29, 1.82) is 0 Å². The first kappa shape index (κ1) is 14.2. The second-order valence-corrected chi connectivity index (χ2v) is 5.66. The highest BCUT2D eigenvalue weighted by Gasteiger charge is 2.44. The molecule has 0 bridgehead atoms. The van der Waals surface area contributed by atoms with Gasteiger partial charge in [-0.3, -0.25) is 0 Å². The van der Waals surface area contributed by atoms with Gasteiger partial charge in [-0.25, -0.2) is 0 Å². The van der Waals surface area contributed by atoms with Gasteiger partial charge in [-0.1, -0.05) is 35.4 Å². The highest BCUT2D eigenvalue weighted by atomic mass is 127. The topological polar surface area (TPSA) is 27.7 Å². The maximum absolute atomic E-state index is 5.71. The summed E-state index contributed by atoms with van der Waals surface area (Å²) in [5.74, 6) is 2.00. The molecule has 0 amide bonds. The van der Waals surface area contributed by atoms with Crippen molar-refractivity contribution in [3.05, 3.63) is 0 Å². The molecule has 1 saturated heterocycles. The molecule has 1 heterocycles. The van der Waals surface area contributed by atoms with Crippen LogP contribution in [0.15, 0.2) is 0 Å². The first-order chi connectivity index (χ1) is 7.46. The van der Waals surface area contributed by atoms with Crippen LogP contribution in [0.3, 0.4) is 0 Å². The monoisotopic (exact) mass is 338 g/mol. The summed E-state index contributed by atoms with van der Waals surface area (Å²) in [7, 11) is 0. The summed E-state index contributed by atoms with van der Waals surface area (Å²) < 4.78 is 17.0. The van der Waals surface area contributed by atoms with Crippen LogP contribution < -0.4 is 0 Å². The number of halogens is 1. The molecule has 0 aromatic carbocycles. The molecule has 0 aliphatic carbocycles. The van der Waals surface area contributed by atoms with Crippen molar-refractivity contribution in [3.8, 4) is 12.3 Å². The first-order valence-corrected chi connectivity index (χ1v) is 6.67. The van der Waals surface area contributed by atoms with Crippen molar-refractivity contribution < 1.29 is 14.2 Å². The zero-order valence-electron chi connectivity index (χ0n) is 10.1. The van der Waals surface area contributed by atoms with E-state index in [4.69, 9.17) is 20.6 Å². The predicted octanol–water partition coefficient (Wildman–Crippen LogP) is 2.58. The van der Waals surface area contributed by atoms with Crippen LogP contribution in [0.5, 0.6) is 0 Å². The lowest BCUT2D eigenvalue weighted by Crippen LogP contribution is -2.51. The lowest BCUT2D eigenvalue weighted by molar-refractivity contribution is -0.293. The van der Waals surface area contributed by atoms with E-state index in [2.05, 4.69) is 35.4 Å². The van der Waals surface area contributed by atoms with Crippen LogP contribution in [0, 0.1) is 17.8 Å². The van der Waals surface area contributed by atoms with Crippen LogP contribution in [0.2, 0.25) is 0 Å². The molecular weight excluding hydrogens is 319 g/mol. The molecule has 16 heavy (non-hydrogen) atoms. The van der Waals surface area contributed by atoms with Gasteiger partial charge in [-0.2, -0.15) is 0 Å². The Morgan fingerprint density at radius 1 is 1.44 bits per heavy atom. The van der Waals surface area contributed by atoms with E-state index in [0.717, 1.165) is 6.42 Å². The zero-order valence-corrected chi connectivity index (χ0v) is 12.2. The number of terminal acetylenes is 1. The molecule has 0 aromatic heterocycles. The normalized spacial score (nSPS) is 24.7. The SMILES string of the molecule is C#CCOC(I)C1(CC)COC(C)(C)OC1. The van der Waals surface area contributed by atoms with E-state index in [9.17, 15) is 0 Å². The van der Waals surface area contributed by atoms with E-state index in [1.165, 1.54) is 0 Å². The molecule has 1 atom stereocenters. The van der Waals surface area contributed by atoms with E-state index in [0.29, 0.717) is 19.8 Å². The molecule has 0 spiro atoms. The summed E-state index contributed by atoms with van der Waals surface area (Å²) >= 11 is 2.27. The fraction of sp³-hybridized carbons (Fsp3) is 0.833. The highest BCUT2D eigenvalue weighted by molar-refractivity contribution is 14.1. The number of ether oxygens (including phenoxy) is 3. The van der Waals surface area contributed by atoms with Gasteiger partial charge in [0.2, 0.25) is 0 Å². The maximum Gasteiger partial charge on any atom is 0.162 e. The summed E-state index contributed by atoms with van der Waals surface area (Å²) in [6, 6.07) is 0. The summed E-state index contributed by atoms with van der Waals surface area (Å²) in [6.45, 7) is 7.60. The van der Waals surface area contributed by atoms with Gasteiger partial charge in [0.05, 0.1) is 18.6 Å². The van der Waals surface area contributed by atoms with Gasteiger partial charge in [0.15, 0.2) is 5.79 Å². The van der Waals surface area contributed by atoms with Gasteiger partial charge in [0.25, 0.3) is 0 Å². The Morgan fingerprint density at radius 3 is 2.44 bits per heavy atom. The summed E-state index contributed by atoms with van der Waals surface area (Å²) in [6.07, 6.45) is 6.14. The predicted molar refractivity (Wildman–Crippen MR) is 71.3 cm³/mol. The van der Waals surface area contributed by atoms with Gasteiger partial charge >= 0.3 is 0 Å². The minimum absolute atomic E-state index is 0.0160. The van der Waals surface area contributed by atoms with Crippen molar-refractivity contribution in [3.63, 3.8) is 0 Å². The van der Waals surface area contributed by atoms with E-state index in [1.807, 2.05) is 13.8 Å². The molecule has 0 aromatic rings.